The van der Waals surface area contributed by atoms with Crippen LogP contribution in [0.15, 0.2) is 27.5 Å². The number of hydrogen-bond donors (Lipinski definition) is 0. The molecule has 4 heterocycles. The summed E-state index contributed by atoms with van der Waals surface area (Å²) in [6.45, 7) is 2.66. The van der Waals surface area contributed by atoms with Crippen LogP contribution in [0.4, 0.5) is 0 Å². The van der Waals surface area contributed by atoms with E-state index in [1.54, 1.807) is 18.0 Å². The van der Waals surface area contributed by atoms with Crippen LogP contribution in [0, 0.1) is 5.92 Å². The van der Waals surface area contributed by atoms with Crippen LogP contribution in [0.5, 0.6) is 0 Å². The zero-order chi connectivity index (χ0) is 19.8. The summed E-state index contributed by atoms with van der Waals surface area (Å²) in [7, 11) is 1.74. The minimum atomic E-state index is -0.104. The van der Waals surface area contributed by atoms with Crippen molar-refractivity contribution in [2.75, 3.05) is 20.2 Å². The molecular formula is C20H23N5O4. The van der Waals surface area contributed by atoms with Crippen LogP contribution in [-0.4, -0.2) is 50.9 Å². The van der Waals surface area contributed by atoms with Crippen LogP contribution in [0.25, 0.3) is 11.6 Å². The highest BCUT2D eigenvalue weighted by Gasteiger charge is 2.29. The molecule has 1 fully saturated rings. The maximum absolute atomic E-state index is 12.3. The van der Waals surface area contributed by atoms with Gasteiger partial charge in [-0.3, -0.25) is 9.48 Å². The maximum atomic E-state index is 12.3. The van der Waals surface area contributed by atoms with Crippen LogP contribution < -0.4 is 0 Å². The number of carbonyl (C=O) groups excluding carboxylic acids is 1. The molecule has 152 valence electrons. The molecule has 29 heavy (non-hydrogen) atoms. The second-order valence-electron chi connectivity index (χ2n) is 7.71. The van der Waals surface area contributed by atoms with Crippen LogP contribution in [0.2, 0.25) is 0 Å². The number of rotatable bonds is 7. The molecule has 3 aromatic heterocycles. The highest BCUT2D eigenvalue weighted by Crippen LogP contribution is 2.34. The summed E-state index contributed by atoms with van der Waals surface area (Å²) in [6, 6.07) is 1.65. The molecule has 9 nitrogen and oxygen atoms in total. The van der Waals surface area contributed by atoms with Crippen molar-refractivity contribution in [3.05, 3.63) is 41.2 Å². The van der Waals surface area contributed by atoms with E-state index in [9.17, 15) is 4.79 Å². The predicted octanol–water partition coefficient (Wildman–Crippen LogP) is 2.32. The Morgan fingerprint density at radius 2 is 2.28 bits per heavy atom. The molecule has 9 heteroatoms. The van der Waals surface area contributed by atoms with Crippen molar-refractivity contribution in [1.82, 2.24) is 24.8 Å². The fourth-order valence-corrected chi connectivity index (χ4v) is 3.60. The van der Waals surface area contributed by atoms with Gasteiger partial charge in [-0.05, 0) is 24.8 Å². The van der Waals surface area contributed by atoms with Crippen LogP contribution in [-0.2, 0) is 30.7 Å². The minimum absolute atomic E-state index is 0.104. The molecule has 1 aliphatic heterocycles. The molecule has 0 N–H and O–H groups in total. The monoisotopic (exact) mass is 397 g/mol. The van der Waals surface area contributed by atoms with E-state index in [1.165, 1.54) is 31.1 Å². The van der Waals surface area contributed by atoms with Gasteiger partial charge in [0.2, 0.25) is 0 Å². The van der Waals surface area contributed by atoms with Crippen molar-refractivity contribution < 1.29 is 18.5 Å². The molecule has 0 bridgehead atoms. The van der Waals surface area contributed by atoms with Crippen molar-refractivity contribution in [2.45, 2.75) is 38.8 Å². The van der Waals surface area contributed by atoms with Gasteiger partial charge < -0.3 is 18.6 Å². The molecule has 0 saturated heterocycles. The zero-order valence-electron chi connectivity index (χ0n) is 16.3. The number of aromatic nitrogens is 4. The van der Waals surface area contributed by atoms with E-state index in [2.05, 4.69) is 14.8 Å². The molecule has 2 aliphatic rings. The van der Waals surface area contributed by atoms with Crippen LogP contribution in [0.3, 0.4) is 0 Å². The quantitative estimate of drug-likeness (QED) is 0.603. The van der Waals surface area contributed by atoms with Gasteiger partial charge in [-0.1, -0.05) is 5.16 Å². The number of nitrogens with zero attached hydrogens (tertiary/aromatic N) is 5. The Morgan fingerprint density at radius 3 is 3.07 bits per heavy atom. The van der Waals surface area contributed by atoms with Crippen molar-refractivity contribution in [2.24, 2.45) is 5.92 Å². The second-order valence-corrected chi connectivity index (χ2v) is 7.71. The largest absolute Gasteiger partial charge is 0.472 e. The Kier molecular flexibility index (Phi) is 4.67. The maximum Gasteiger partial charge on any atom is 0.278 e. The van der Waals surface area contributed by atoms with Gasteiger partial charge in [-0.25, -0.2) is 0 Å². The smallest absolute Gasteiger partial charge is 0.278 e. The molecule has 1 aliphatic carbocycles. The van der Waals surface area contributed by atoms with Gasteiger partial charge in [0.1, 0.15) is 6.26 Å². The Morgan fingerprint density at radius 1 is 1.38 bits per heavy atom. The van der Waals surface area contributed by atoms with Gasteiger partial charge in [-0.2, -0.15) is 10.1 Å². The Labute approximate surface area is 167 Å². The third kappa shape index (κ3) is 3.69. The first kappa shape index (κ1) is 18.1. The lowest BCUT2D eigenvalue weighted by Crippen LogP contribution is -2.28. The lowest BCUT2D eigenvalue weighted by atomic mass is 10.1. The standard InChI is InChI=1S/C20H23N5O4/c1-24(20(26)14-5-8-27-11-14)7-4-17-21-19(29-23-17)18-15-12-28-9-6-16(15)25(22-18)10-13-2-3-13/h5,8,11,13H,2-4,6-7,9-10,12H2,1H3. The first-order chi connectivity index (χ1) is 14.2. The van der Waals surface area contributed by atoms with E-state index in [1.807, 2.05) is 0 Å². The average molecular weight is 397 g/mol. The van der Waals surface area contributed by atoms with Gasteiger partial charge >= 0.3 is 0 Å². The molecule has 1 amide bonds. The number of fused-ring (bicyclic) bond motifs is 1. The van der Waals surface area contributed by atoms with Crippen LogP contribution in [0.1, 0.15) is 40.3 Å². The third-order valence-corrected chi connectivity index (χ3v) is 5.48. The lowest BCUT2D eigenvalue weighted by molar-refractivity contribution is 0.0795. The molecular weight excluding hydrogens is 374 g/mol. The molecule has 0 spiro atoms. The molecule has 0 atom stereocenters. The molecule has 0 unspecified atom stereocenters. The molecule has 5 rings (SSSR count). The number of carbonyl (C=O) groups is 1. The third-order valence-electron chi connectivity index (χ3n) is 5.48. The summed E-state index contributed by atoms with van der Waals surface area (Å²) in [5, 5.41) is 8.86. The number of hydrogen-bond acceptors (Lipinski definition) is 7. The summed E-state index contributed by atoms with van der Waals surface area (Å²) in [4.78, 5) is 18.4. The second kappa shape index (κ2) is 7.47. The highest BCUT2D eigenvalue weighted by molar-refractivity contribution is 5.93. The molecule has 1 saturated carbocycles. The van der Waals surface area contributed by atoms with Gasteiger partial charge in [0.15, 0.2) is 11.5 Å². The lowest BCUT2D eigenvalue weighted by Gasteiger charge is -2.14. The van der Waals surface area contributed by atoms with Gasteiger partial charge in [0.05, 0.1) is 25.0 Å². The van der Waals surface area contributed by atoms with Crippen molar-refractivity contribution in [3.63, 3.8) is 0 Å². The normalized spacial score (nSPS) is 16.0. The highest BCUT2D eigenvalue weighted by atomic mass is 16.5. The van der Waals surface area contributed by atoms with E-state index < -0.39 is 0 Å². The Bertz CT molecular complexity index is 1000. The number of ether oxygens (including phenoxy) is 1. The first-order valence-corrected chi connectivity index (χ1v) is 9.96. The van der Waals surface area contributed by atoms with E-state index in [0.717, 1.165) is 36.7 Å². The zero-order valence-corrected chi connectivity index (χ0v) is 16.3. The van der Waals surface area contributed by atoms with E-state index in [0.29, 0.717) is 36.9 Å². The Balaban J connectivity index is 1.30. The first-order valence-electron chi connectivity index (χ1n) is 9.96. The summed E-state index contributed by atoms with van der Waals surface area (Å²) in [6.07, 6.45) is 6.82. The van der Waals surface area contributed by atoms with E-state index in [-0.39, 0.29) is 5.91 Å². The fraction of sp³-hybridized carbons (Fsp3) is 0.500. The number of amides is 1. The van der Waals surface area contributed by atoms with E-state index >= 15 is 0 Å². The average Bonchev–Trinajstić information content (AvgIpc) is 3.15. The summed E-state index contributed by atoms with van der Waals surface area (Å²) in [5.74, 6) is 1.60. The summed E-state index contributed by atoms with van der Waals surface area (Å²) >= 11 is 0. The molecule has 0 aromatic carbocycles. The van der Waals surface area contributed by atoms with Gasteiger partial charge in [-0.15, -0.1) is 0 Å². The molecule has 0 radical (unpaired) electrons. The Hall–Kier alpha value is -2.94. The van der Waals surface area contributed by atoms with Gasteiger partial charge in [0, 0.05) is 44.2 Å². The SMILES string of the molecule is CN(CCc1noc(-c2nn(CC3CC3)c3c2COCC3)n1)C(=O)c1ccoc1. The summed E-state index contributed by atoms with van der Waals surface area (Å²) < 4.78 is 18.2. The molecule has 3 aromatic rings. The van der Waals surface area contributed by atoms with Crippen molar-refractivity contribution in [1.29, 1.82) is 0 Å². The van der Waals surface area contributed by atoms with Gasteiger partial charge in [0.25, 0.3) is 11.8 Å². The number of likely N-dealkylation sites (N-methyl/N-ethyl adjacent to an activating group) is 1. The predicted molar refractivity (Wildman–Crippen MR) is 101 cm³/mol. The summed E-state index contributed by atoms with van der Waals surface area (Å²) in [5.41, 5.74) is 3.53. The van der Waals surface area contributed by atoms with Crippen LogP contribution >= 0.6 is 0 Å². The van der Waals surface area contributed by atoms with Crippen molar-refractivity contribution in [3.8, 4) is 11.6 Å². The minimum Gasteiger partial charge on any atom is -0.472 e. The topological polar surface area (TPSA) is 99.4 Å². The number of furan rings is 1. The van der Waals surface area contributed by atoms with Crippen molar-refractivity contribution >= 4 is 5.91 Å². The fourth-order valence-electron chi connectivity index (χ4n) is 3.60. The van der Waals surface area contributed by atoms with E-state index in [4.69, 9.17) is 18.8 Å².